The minimum atomic E-state index is 0.538. The Kier molecular flexibility index (Phi) is 6.91. The fourth-order valence-electron chi connectivity index (χ4n) is 1.99. The normalized spacial score (nSPS) is 13.2. The summed E-state index contributed by atoms with van der Waals surface area (Å²) in [5, 5.41) is 3.52. The number of nitrogens with one attached hydrogen (secondary N) is 1. The molecule has 18 heavy (non-hydrogen) atoms. The maximum atomic E-state index is 4.40. The first-order chi connectivity index (χ1) is 8.63. The third-order valence-corrected chi connectivity index (χ3v) is 3.11. The molecule has 1 aromatic heterocycles. The molecule has 3 heteroatoms. The van der Waals surface area contributed by atoms with Gasteiger partial charge in [-0.2, -0.15) is 0 Å². The molecule has 1 rings (SSSR count). The molecule has 1 heterocycles. The molecule has 0 amide bonds. The van der Waals surface area contributed by atoms with Gasteiger partial charge in [-0.15, -0.1) is 0 Å². The van der Waals surface area contributed by atoms with Gasteiger partial charge in [0.1, 0.15) is 0 Å². The first-order valence-corrected chi connectivity index (χ1v) is 6.98. The molecule has 1 aromatic rings. The van der Waals surface area contributed by atoms with E-state index < -0.39 is 0 Å². The van der Waals surface area contributed by atoms with Crippen LogP contribution in [0.25, 0.3) is 0 Å². The Bertz CT molecular complexity index is 311. The number of rotatable bonds is 8. The zero-order valence-corrected chi connectivity index (χ0v) is 12.2. The molecule has 0 radical (unpaired) electrons. The summed E-state index contributed by atoms with van der Waals surface area (Å²) in [5.41, 5.74) is 1.15. The van der Waals surface area contributed by atoms with Crippen molar-refractivity contribution in [2.45, 2.75) is 40.3 Å². The molecule has 1 unspecified atom stereocenters. The first kappa shape index (κ1) is 15.1. The Balaban J connectivity index is 2.40. The smallest absolute Gasteiger partial charge is 0.0544 e. The molecule has 1 N–H and O–H groups in total. The fraction of sp³-hybridized carbons (Fsp3) is 0.667. The van der Waals surface area contributed by atoms with E-state index in [-0.39, 0.29) is 0 Å². The molecular formula is C15H27N3. The second-order valence-corrected chi connectivity index (χ2v) is 5.29. The predicted molar refractivity (Wildman–Crippen MR) is 77.5 cm³/mol. The van der Waals surface area contributed by atoms with Gasteiger partial charge < -0.3 is 5.32 Å². The van der Waals surface area contributed by atoms with Gasteiger partial charge in [-0.25, -0.2) is 0 Å². The highest BCUT2D eigenvalue weighted by Gasteiger charge is 2.12. The Morgan fingerprint density at radius 3 is 2.56 bits per heavy atom. The largest absolute Gasteiger partial charge is 0.315 e. The number of pyridine rings is 1. The highest BCUT2D eigenvalue weighted by atomic mass is 15.2. The van der Waals surface area contributed by atoms with Crippen molar-refractivity contribution in [3.63, 3.8) is 0 Å². The molecular weight excluding hydrogens is 222 g/mol. The van der Waals surface area contributed by atoms with E-state index in [0.717, 1.165) is 31.9 Å². The number of nitrogens with zero attached hydrogens (tertiary/aromatic N) is 2. The van der Waals surface area contributed by atoms with Gasteiger partial charge in [0.05, 0.1) is 5.69 Å². The van der Waals surface area contributed by atoms with Gasteiger partial charge in [0.25, 0.3) is 0 Å². The van der Waals surface area contributed by atoms with Gasteiger partial charge in [0, 0.05) is 25.3 Å². The van der Waals surface area contributed by atoms with E-state index in [1.807, 2.05) is 12.3 Å². The molecule has 0 saturated heterocycles. The van der Waals surface area contributed by atoms with Gasteiger partial charge in [-0.1, -0.05) is 26.8 Å². The Labute approximate surface area is 112 Å². The highest BCUT2D eigenvalue weighted by Crippen LogP contribution is 2.05. The van der Waals surface area contributed by atoms with Gasteiger partial charge in [0.15, 0.2) is 0 Å². The second-order valence-electron chi connectivity index (χ2n) is 5.29. The molecule has 1 atom stereocenters. The van der Waals surface area contributed by atoms with Gasteiger partial charge in [-0.05, 0) is 38.1 Å². The molecule has 0 aliphatic rings. The summed E-state index contributed by atoms with van der Waals surface area (Å²) in [6.07, 6.45) is 1.87. The zero-order valence-electron chi connectivity index (χ0n) is 12.2. The molecule has 102 valence electrons. The van der Waals surface area contributed by atoms with Crippen molar-refractivity contribution >= 4 is 0 Å². The standard InChI is InChI=1S/C15H27N3/c1-5-18(12-15-8-6-7-9-17-15)14(4)11-16-10-13(2)3/h6-9,13-14,16H,5,10-12H2,1-4H3. The number of likely N-dealkylation sites (N-methyl/N-ethyl adjacent to an activating group) is 1. The minimum Gasteiger partial charge on any atom is -0.315 e. The Morgan fingerprint density at radius 1 is 1.22 bits per heavy atom. The maximum absolute atomic E-state index is 4.40. The Morgan fingerprint density at radius 2 is 2.00 bits per heavy atom. The van der Waals surface area contributed by atoms with Crippen LogP contribution in [0.3, 0.4) is 0 Å². The van der Waals surface area contributed by atoms with Crippen molar-refractivity contribution in [3.05, 3.63) is 30.1 Å². The van der Waals surface area contributed by atoms with Crippen molar-refractivity contribution in [2.75, 3.05) is 19.6 Å². The monoisotopic (exact) mass is 249 g/mol. The Hall–Kier alpha value is -0.930. The van der Waals surface area contributed by atoms with E-state index in [4.69, 9.17) is 0 Å². The summed E-state index contributed by atoms with van der Waals surface area (Å²) >= 11 is 0. The molecule has 0 bridgehead atoms. The van der Waals surface area contributed by atoms with E-state index in [9.17, 15) is 0 Å². The van der Waals surface area contributed by atoms with Gasteiger partial charge in [-0.3, -0.25) is 9.88 Å². The summed E-state index contributed by atoms with van der Waals surface area (Å²) in [6.45, 7) is 13.1. The summed E-state index contributed by atoms with van der Waals surface area (Å²) < 4.78 is 0. The van der Waals surface area contributed by atoms with Crippen LogP contribution in [0.1, 0.15) is 33.4 Å². The van der Waals surface area contributed by atoms with Crippen molar-refractivity contribution < 1.29 is 0 Å². The lowest BCUT2D eigenvalue weighted by molar-refractivity contribution is 0.202. The minimum absolute atomic E-state index is 0.538. The lowest BCUT2D eigenvalue weighted by atomic mass is 10.2. The van der Waals surface area contributed by atoms with E-state index >= 15 is 0 Å². The van der Waals surface area contributed by atoms with E-state index in [2.05, 4.69) is 55.0 Å². The van der Waals surface area contributed by atoms with Gasteiger partial charge >= 0.3 is 0 Å². The molecule has 0 aromatic carbocycles. The number of hydrogen-bond donors (Lipinski definition) is 1. The predicted octanol–water partition coefficient (Wildman–Crippen LogP) is 2.54. The molecule has 3 nitrogen and oxygen atoms in total. The van der Waals surface area contributed by atoms with Crippen LogP contribution in [0.15, 0.2) is 24.4 Å². The lowest BCUT2D eigenvalue weighted by Gasteiger charge is -2.28. The van der Waals surface area contributed by atoms with Crippen LogP contribution in [0.4, 0.5) is 0 Å². The lowest BCUT2D eigenvalue weighted by Crippen LogP contribution is -2.40. The van der Waals surface area contributed by atoms with E-state index in [0.29, 0.717) is 12.0 Å². The molecule has 0 spiro atoms. The topological polar surface area (TPSA) is 28.2 Å². The third kappa shape index (κ3) is 5.61. The van der Waals surface area contributed by atoms with Crippen LogP contribution in [0.2, 0.25) is 0 Å². The average Bonchev–Trinajstić information content (AvgIpc) is 2.36. The summed E-state index contributed by atoms with van der Waals surface area (Å²) in [4.78, 5) is 6.85. The van der Waals surface area contributed by atoms with Crippen molar-refractivity contribution in [1.82, 2.24) is 15.2 Å². The number of hydrogen-bond acceptors (Lipinski definition) is 3. The van der Waals surface area contributed by atoms with Crippen LogP contribution in [0, 0.1) is 5.92 Å². The zero-order chi connectivity index (χ0) is 13.4. The second kappa shape index (κ2) is 8.22. The average molecular weight is 249 g/mol. The van der Waals surface area contributed by atoms with Crippen LogP contribution in [0.5, 0.6) is 0 Å². The number of aromatic nitrogens is 1. The van der Waals surface area contributed by atoms with Crippen LogP contribution in [-0.4, -0.2) is 35.6 Å². The van der Waals surface area contributed by atoms with Crippen molar-refractivity contribution in [2.24, 2.45) is 5.92 Å². The quantitative estimate of drug-likeness (QED) is 0.767. The van der Waals surface area contributed by atoms with Crippen molar-refractivity contribution in [1.29, 1.82) is 0 Å². The molecule has 0 aliphatic carbocycles. The first-order valence-electron chi connectivity index (χ1n) is 6.98. The summed E-state index contributed by atoms with van der Waals surface area (Å²) in [7, 11) is 0. The van der Waals surface area contributed by atoms with Crippen LogP contribution < -0.4 is 5.32 Å². The molecule has 0 aliphatic heterocycles. The van der Waals surface area contributed by atoms with E-state index in [1.165, 1.54) is 0 Å². The van der Waals surface area contributed by atoms with Crippen LogP contribution >= 0.6 is 0 Å². The summed E-state index contributed by atoms with van der Waals surface area (Å²) in [5.74, 6) is 0.711. The van der Waals surface area contributed by atoms with Crippen molar-refractivity contribution in [3.8, 4) is 0 Å². The van der Waals surface area contributed by atoms with E-state index in [1.54, 1.807) is 0 Å². The highest BCUT2D eigenvalue weighted by molar-refractivity contribution is 5.03. The molecule has 0 saturated carbocycles. The SMILES string of the molecule is CCN(Cc1ccccn1)C(C)CNCC(C)C. The maximum Gasteiger partial charge on any atom is 0.0544 e. The van der Waals surface area contributed by atoms with Crippen LogP contribution in [-0.2, 0) is 6.54 Å². The van der Waals surface area contributed by atoms with Gasteiger partial charge in [0.2, 0.25) is 0 Å². The summed E-state index contributed by atoms with van der Waals surface area (Å²) in [6, 6.07) is 6.65. The molecule has 0 fully saturated rings. The third-order valence-electron chi connectivity index (χ3n) is 3.11. The fourth-order valence-corrected chi connectivity index (χ4v) is 1.99.